The van der Waals surface area contributed by atoms with Gasteiger partial charge in [0.1, 0.15) is 11.6 Å². The zero-order valence-electron chi connectivity index (χ0n) is 11.7. The number of hydrogen-bond acceptors (Lipinski definition) is 4. The third kappa shape index (κ3) is 2.49. The first-order valence-electron chi connectivity index (χ1n) is 6.96. The summed E-state index contributed by atoms with van der Waals surface area (Å²) in [5.41, 5.74) is 9.11. The molecule has 1 aromatic heterocycles. The second kappa shape index (κ2) is 5.54. The maximum Gasteiger partial charge on any atom is 0.126 e. The molecule has 5 nitrogen and oxygen atoms in total. The molecule has 0 radical (unpaired) electrons. The average Bonchev–Trinajstić information content (AvgIpc) is 3.10. The normalized spacial score (nSPS) is 15.7. The summed E-state index contributed by atoms with van der Waals surface area (Å²) in [6.07, 6.45) is 4.34. The summed E-state index contributed by atoms with van der Waals surface area (Å²) in [6.45, 7) is 3.26. The number of nitrogens with one attached hydrogen (secondary N) is 1. The summed E-state index contributed by atoms with van der Waals surface area (Å²) >= 11 is 0. The molecule has 0 unspecified atom stereocenters. The molecule has 0 saturated carbocycles. The quantitative estimate of drug-likeness (QED) is 0.896. The van der Waals surface area contributed by atoms with Gasteiger partial charge in [0.2, 0.25) is 0 Å². The second-order valence-electron chi connectivity index (χ2n) is 5.21. The Morgan fingerprint density at radius 3 is 2.80 bits per heavy atom. The van der Waals surface area contributed by atoms with Gasteiger partial charge in [0, 0.05) is 17.7 Å². The number of nitrogens with zero attached hydrogens (tertiary/aromatic N) is 2. The molecule has 0 atom stereocenters. The smallest absolute Gasteiger partial charge is 0.126 e. The number of ether oxygens (including phenoxy) is 1. The Labute approximate surface area is 118 Å². The van der Waals surface area contributed by atoms with Gasteiger partial charge >= 0.3 is 0 Å². The van der Waals surface area contributed by atoms with Gasteiger partial charge in [0.25, 0.3) is 0 Å². The highest BCUT2D eigenvalue weighted by Gasteiger charge is 2.15. The van der Waals surface area contributed by atoms with E-state index < -0.39 is 0 Å². The van der Waals surface area contributed by atoms with Crippen LogP contribution in [0.1, 0.15) is 18.4 Å². The summed E-state index contributed by atoms with van der Waals surface area (Å²) in [5.74, 6) is 1.53. The summed E-state index contributed by atoms with van der Waals surface area (Å²) in [5, 5.41) is 6.76. The Kier molecular flexibility index (Phi) is 3.60. The van der Waals surface area contributed by atoms with E-state index in [-0.39, 0.29) is 0 Å². The number of methoxy groups -OCH3 is 1. The molecule has 1 aliphatic heterocycles. The van der Waals surface area contributed by atoms with Crippen LogP contribution in [0.5, 0.6) is 5.75 Å². The van der Waals surface area contributed by atoms with E-state index in [9.17, 15) is 0 Å². The number of nitrogens with two attached hydrogens (primary N) is 1. The number of aromatic nitrogens is 2. The molecular weight excluding hydrogens is 252 g/mol. The van der Waals surface area contributed by atoms with E-state index in [1.54, 1.807) is 13.3 Å². The van der Waals surface area contributed by atoms with E-state index in [0.717, 1.165) is 23.4 Å². The van der Waals surface area contributed by atoms with Crippen molar-refractivity contribution in [3.05, 3.63) is 30.0 Å². The van der Waals surface area contributed by atoms with E-state index >= 15 is 0 Å². The molecule has 5 heteroatoms. The number of anilines is 1. The molecular formula is C15H20N4O. The van der Waals surface area contributed by atoms with Gasteiger partial charge < -0.3 is 10.5 Å². The zero-order chi connectivity index (χ0) is 13.9. The minimum Gasteiger partial charge on any atom is -0.496 e. The molecule has 0 amide bonds. The minimum absolute atomic E-state index is 0.599. The lowest BCUT2D eigenvalue weighted by molar-refractivity contribution is 0.321. The van der Waals surface area contributed by atoms with Gasteiger partial charge in [0.05, 0.1) is 13.3 Å². The number of aromatic amines is 1. The average molecular weight is 272 g/mol. The number of hydrogen-bond donors (Lipinski definition) is 2. The molecule has 3 rings (SSSR count). The van der Waals surface area contributed by atoms with Crippen molar-refractivity contribution in [1.82, 2.24) is 15.1 Å². The Morgan fingerprint density at radius 2 is 2.15 bits per heavy atom. The van der Waals surface area contributed by atoms with Crippen molar-refractivity contribution in [3.63, 3.8) is 0 Å². The van der Waals surface area contributed by atoms with Crippen LogP contribution in [-0.4, -0.2) is 35.3 Å². The molecule has 1 fully saturated rings. The molecule has 1 saturated heterocycles. The Bertz CT molecular complexity index is 587. The third-order valence-electron chi connectivity index (χ3n) is 3.85. The number of nitrogen functional groups attached to an aromatic ring is 1. The van der Waals surface area contributed by atoms with Gasteiger partial charge in [-0.25, -0.2) is 0 Å². The lowest BCUT2D eigenvalue weighted by atomic mass is 10.0. The standard InChI is InChI=1S/C15H20N4O/c1-20-14-5-4-11(13-9-17-18-15(13)16)8-12(14)10-19-6-2-3-7-19/h4-5,8-9H,2-3,6-7,10H2,1H3,(H3,16,17,18). The van der Waals surface area contributed by atoms with Crippen LogP contribution < -0.4 is 10.5 Å². The van der Waals surface area contributed by atoms with Crippen LogP contribution >= 0.6 is 0 Å². The van der Waals surface area contributed by atoms with E-state index in [2.05, 4.69) is 21.2 Å². The highest BCUT2D eigenvalue weighted by atomic mass is 16.5. The van der Waals surface area contributed by atoms with Crippen molar-refractivity contribution in [2.75, 3.05) is 25.9 Å². The van der Waals surface area contributed by atoms with Crippen LogP contribution in [0.15, 0.2) is 24.4 Å². The predicted octanol–water partition coefficient (Wildman–Crippen LogP) is 2.26. The van der Waals surface area contributed by atoms with E-state index in [1.165, 1.54) is 31.5 Å². The van der Waals surface area contributed by atoms with E-state index in [1.807, 2.05) is 12.1 Å². The Balaban J connectivity index is 1.92. The Morgan fingerprint density at radius 1 is 1.35 bits per heavy atom. The topological polar surface area (TPSA) is 67.2 Å². The van der Waals surface area contributed by atoms with Gasteiger partial charge in [0.15, 0.2) is 0 Å². The molecule has 20 heavy (non-hydrogen) atoms. The molecule has 1 aromatic carbocycles. The van der Waals surface area contributed by atoms with Crippen LogP contribution in [0.3, 0.4) is 0 Å². The summed E-state index contributed by atoms with van der Waals surface area (Å²) in [6, 6.07) is 6.18. The van der Waals surface area contributed by atoms with Crippen LogP contribution in [0.2, 0.25) is 0 Å². The van der Waals surface area contributed by atoms with Crippen LogP contribution in [0.4, 0.5) is 5.82 Å². The lowest BCUT2D eigenvalue weighted by Crippen LogP contribution is -2.18. The zero-order valence-corrected chi connectivity index (χ0v) is 11.7. The van der Waals surface area contributed by atoms with Crippen LogP contribution in [0.25, 0.3) is 11.1 Å². The van der Waals surface area contributed by atoms with Gasteiger partial charge in [-0.2, -0.15) is 5.10 Å². The molecule has 3 N–H and O–H groups in total. The summed E-state index contributed by atoms with van der Waals surface area (Å²) < 4.78 is 5.48. The fourth-order valence-corrected chi connectivity index (χ4v) is 2.78. The highest BCUT2D eigenvalue weighted by Crippen LogP contribution is 2.30. The number of likely N-dealkylation sites (tertiary alicyclic amines) is 1. The highest BCUT2D eigenvalue weighted by molar-refractivity contribution is 5.74. The van der Waals surface area contributed by atoms with Gasteiger partial charge in [-0.1, -0.05) is 6.07 Å². The van der Waals surface area contributed by atoms with E-state index in [4.69, 9.17) is 10.5 Å². The SMILES string of the molecule is COc1ccc(-c2cn[nH]c2N)cc1CN1CCCC1. The molecule has 2 heterocycles. The van der Waals surface area contributed by atoms with Crippen molar-refractivity contribution in [1.29, 1.82) is 0 Å². The summed E-state index contributed by atoms with van der Waals surface area (Å²) in [4.78, 5) is 2.46. The van der Waals surface area contributed by atoms with Gasteiger partial charge in [-0.15, -0.1) is 0 Å². The number of H-pyrrole nitrogens is 1. The van der Waals surface area contributed by atoms with Crippen molar-refractivity contribution in [3.8, 4) is 16.9 Å². The first-order valence-corrected chi connectivity index (χ1v) is 6.96. The third-order valence-corrected chi connectivity index (χ3v) is 3.85. The monoisotopic (exact) mass is 272 g/mol. The summed E-state index contributed by atoms with van der Waals surface area (Å²) in [7, 11) is 1.72. The van der Waals surface area contributed by atoms with Crippen LogP contribution in [-0.2, 0) is 6.54 Å². The maximum atomic E-state index is 5.90. The van der Waals surface area contributed by atoms with Crippen molar-refractivity contribution < 1.29 is 4.74 Å². The largest absolute Gasteiger partial charge is 0.496 e. The van der Waals surface area contributed by atoms with Gasteiger partial charge in [-0.05, 0) is 43.6 Å². The molecule has 0 bridgehead atoms. The minimum atomic E-state index is 0.599. The molecule has 2 aromatic rings. The Hall–Kier alpha value is -2.01. The molecule has 0 spiro atoms. The number of benzene rings is 1. The lowest BCUT2D eigenvalue weighted by Gasteiger charge is -2.17. The van der Waals surface area contributed by atoms with Crippen molar-refractivity contribution in [2.24, 2.45) is 0 Å². The fraction of sp³-hybridized carbons (Fsp3) is 0.400. The first kappa shape index (κ1) is 13.0. The van der Waals surface area contributed by atoms with E-state index in [0.29, 0.717) is 5.82 Å². The van der Waals surface area contributed by atoms with Gasteiger partial charge in [-0.3, -0.25) is 10.00 Å². The number of rotatable bonds is 4. The molecule has 1 aliphatic rings. The second-order valence-corrected chi connectivity index (χ2v) is 5.21. The van der Waals surface area contributed by atoms with Crippen molar-refractivity contribution in [2.45, 2.75) is 19.4 Å². The molecule has 106 valence electrons. The van der Waals surface area contributed by atoms with Crippen molar-refractivity contribution >= 4 is 5.82 Å². The molecule has 0 aliphatic carbocycles. The predicted molar refractivity (Wildman–Crippen MR) is 79.5 cm³/mol. The first-order chi connectivity index (χ1) is 9.78. The fourth-order valence-electron chi connectivity index (χ4n) is 2.78. The van der Waals surface area contributed by atoms with Crippen LogP contribution in [0, 0.1) is 0 Å². The maximum absolute atomic E-state index is 5.90.